The number of thiophene rings is 1. The Bertz CT molecular complexity index is 1320. The molecule has 2 aromatic heterocycles. The number of carboxylic acid groups (broad SMARTS) is 2. The number of nitrogens with zero attached hydrogens (tertiary/aromatic N) is 2. The number of anilines is 2. The predicted octanol–water partition coefficient (Wildman–Crippen LogP) is 4.20. The van der Waals surface area contributed by atoms with E-state index >= 15 is 0 Å². The molecular weight excluding hydrogens is 444 g/mol. The first-order valence-electron chi connectivity index (χ1n) is 9.85. The van der Waals surface area contributed by atoms with Gasteiger partial charge >= 0.3 is 11.9 Å². The van der Waals surface area contributed by atoms with Crippen molar-refractivity contribution in [3.05, 3.63) is 71.4 Å². The summed E-state index contributed by atoms with van der Waals surface area (Å²) in [6.45, 7) is 0.256. The van der Waals surface area contributed by atoms with Crippen LogP contribution in [0.1, 0.15) is 27.1 Å². The average molecular weight is 462 g/mol. The number of carboxylic acids is 2. The number of fused-ring (bicyclic) bond motifs is 1. The van der Waals surface area contributed by atoms with Crippen molar-refractivity contribution in [3.8, 4) is 11.1 Å². The summed E-state index contributed by atoms with van der Waals surface area (Å²) in [5.41, 5.74) is 1.68. The van der Waals surface area contributed by atoms with Gasteiger partial charge in [-0.2, -0.15) is 0 Å². The van der Waals surface area contributed by atoms with Crippen molar-refractivity contribution in [2.24, 2.45) is 0 Å². The molecule has 2 aromatic carbocycles. The highest BCUT2D eigenvalue weighted by atomic mass is 32.1. The number of amides is 1. The lowest BCUT2D eigenvalue weighted by atomic mass is 10.1. The van der Waals surface area contributed by atoms with E-state index in [-0.39, 0.29) is 29.8 Å². The van der Waals surface area contributed by atoms with Gasteiger partial charge in [-0.25, -0.2) is 19.6 Å². The van der Waals surface area contributed by atoms with Gasteiger partial charge in [-0.05, 0) is 23.8 Å². The summed E-state index contributed by atoms with van der Waals surface area (Å²) in [4.78, 5) is 44.3. The molecular formula is C23H18N4O5S. The average Bonchev–Trinajstić information content (AvgIpc) is 3.24. The zero-order chi connectivity index (χ0) is 23.4. The lowest BCUT2D eigenvalue weighted by Crippen LogP contribution is -2.17. The van der Waals surface area contributed by atoms with E-state index < -0.39 is 17.8 Å². The number of hydrogen-bond acceptors (Lipinski definition) is 7. The highest BCUT2D eigenvalue weighted by Gasteiger charge is 2.15. The van der Waals surface area contributed by atoms with E-state index in [0.29, 0.717) is 5.82 Å². The van der Waals surface area contributed by atoms with Gasteiger partial charge in [-0.1, -0.05) is 30.3 Å². The molecule has 0 fully saturated rings. The van der Waals surface area contributed by atoms with Crippen molar-refractivity contribution in [1.82, 2.24) is 9.97 Å². The predicted molar refractivity (Wildman–Crippen MR) is 125 cm³/mol. The molecule has 0 atom stereocenters. The topological polar surface area (TPSA) is 142 Å². The van der Waals surface area contributed by atoms with Crippen LogP contribution in [-0.2, 0) is 4.79 Å². The SMILES string of the molecule is O=C(CCNc1ncnc2scc(-c3ccccc3)c12)Nc1cc(C(=O)O)cc(C(=O)O)c1. The van der Waals surface area contributed by atoms with Gasteiger partial charge in [0.1, 0.15) is 17.0 Å². The first kappa shape index (κ1) is 21.9. The highest BCUT2D eigenvalue weighted by molar-refractivity contribution is 7.17. The van der Waals surface area contributed by atoms with Crippen LogP contribution in [0.5, 0.6) is 0 Å². The van der Waals surface area contributed by atoms with E-state index in [0.717, 1.165) is 27.4 Å². The van der Waals surface area contributed by atoms with E-state index in [2.05, 4.69) is 20.6 Å². The number of carbonyl (C=O) groups is 3. The van der Waals surface area contributed by atoms with Gasteiger partial charge in [0.25, 0.3) is 0 Å². The summed E-state index contributed by atoms with van der Waals surface area (Å²) >= 11 is 1.51. The van der Waals surface area contributed by atoms with E-state index in [1.165, 1.54) is 29.8 Å². The molecule has 1 amide bonds. The fourth-order valence-corrected chi connectivity index (χ4v) is 4.22. The normalized spacial score (nSPS) is 10.7. The summed E-state index contributed by atoms with van der Waals surface area (Å²) in [6, 6.07) is 13.3. The molecule has 0 spiro atoms. The van der Waals surface area contributed by atoms with Gasteiger partial charge in [0.2, 0.25) is 5.91 Å². The Morgan fingerprint density at radius 1 is 0.939 bits per heavy atom. The molecule has 4 rings (SSSR count). The minimum atomic E-state index is -1.28. The van der Waals surface area contributed by atoms with E-state index in [9.17, 15) is 14.4 Å². The molecule has 0 aliphatic heterocycles. The summed E-state index contributed by atoms with van der Waals surface area (Å²) in [5, 5.41) is 26.9. The molecule has 4 aromatic rings. The molecule has 0 bridgehead atoms. The summed E-state index contributed by atoms with van der Waals surface area (Å²) < 4.78 is 0. The summed E-state index contributed by atoms with van der Waals surface area (Å²) in [7, 11) is 0. The number of nitrogens with one attached hydrogen (secondary N) is 2. The summed E-state index contributed by atoms with van der Waals surface area (Å²) in [5.74, 6) is -2.37. The van der Waals surface area contributed by atoms with Crippen LogP contribution in [0, 0.1) is 0 Å². The third-order valence-electron chi connectivity index (χ3n) is 4.81. The number of rotatable bonds is 8. The molecule has 0 saturated heterocycles. The second kappa shape index (κ2) is 9.45. The van der Waals surface area contributed by atoms with Crippen molar-refractivity contribution in [2.75, 3.05) is 17.2 Å². The number of aromatic nitrogens is 2. The minimum Gasteiger partial charge on any atom is -0.478 e. The molecule has 4 N–H and O–H groups in total. The Morgan fingerprint density at radius 2 is 1.64 bits per heavy atom. The first-order valence-corrected chi connectivity index (χ1v) is 10.7. The molecule has 0 aliphatic carbocycles. The number of aromatic carboxylic acids is 2. The van der Waals surface area contributed by atoms with Gasteiger partial charge < -0.3 is 20.8 Å². The van der Waals surface area contributed by atoms with Crippen molar-refractivity contribution in [2.45, 2.75) is 6.42 Å². The van der Waals surface area contributed by atoms with Gasteiger partial charge in [-0.15, -0.1) is 11.3 Å². The number of carbonyl (C=O) groups excluding carboxylic acids is 1. The molecule has 2 heterocycles. The molecule has 0 aliphatic rings. The maximum atomic E-state index is 12.4. The van der Waals surface area contributed by atoms with Crippen LogP contribution in [0.15, 0.2) is 60.2 Å². The maximum absolute atomic E-state index is 12.4. The largest absolute Gasteiger partial charge is 0.478 e. The molecule has 0 radical (unpaired) electrons. The standard InChI is InChI=1S/C23H18N4O5S/c28-18(27-16-9-14(22(29)30)8-15(10-16)23(31)32)6-7-24-20-19-17(13-4-2-1-3-5-13)11-33-21(19)26-12-25-20/h1-5,8-12H,6-7H2,(H,27,28)(H,29,30)(H,31,32)(H,24,25,26). The van der Waals surface area contributed by atoms with E-state index in [1.54, 1.807) is 0 Å². The quantitative estimate of drug-likeness (QED) is 0.305. The van der Waals surface area contributed by atoms with Crippen molar-refractivity contribution >= 4 is 50.9 Å². The highest BCUT2D eigenvalue weighted by Crippen LogP contribution is 2.36. The van der Waals surface area contributed by atoms with Crippen LogP contribution in [0.2, 0.25) is 0 Å². The fraction of sp³-hybridized carbons (Fsp3) is 0.0870. The van der Waals surface area contributed by atoms with Crippen LogP contribution >= 0.6 is 11.3 Å². The van der Waals surface area contributed by atoms with Crippen molar-refractivity contribution in [3.63, 3.8) is 0 Å². The summed E-state index contributed by atoms with van der Waals surface area (Å²) in [6.07, 6.45) is 1.51. The van der Waals surface area contributed by atoms with Gasteiger partial charge in [0.15, 0.2) is 0 Å². The third kappa shape index (κ3) is 4.96. The molecule has 0 saturated carbocycles. The Balaban J connectivity index is 1.46. The monoisotopic (exact) mass is 462 g/mol. The smallest absolute Gasteiger partial charge is 0.335 e. The van der Waals surface area contributed by atoms with Gasteiger partial charge in [0, 0.05) is 29.6 Å². The van der Waals surface area contributed by atoms with Crippen molar-refractivity contribution in [1.29, 1.82) is 0 Å². The fourth-order valence-electron chi connectivity index (χ4n) is 3.30. The molecule has 9 nitrogen and oxygen atoms in total. The lowest BCUT2D eigenvalue weighted by molar-refractivity contribution is -0.116. The van der Waals surface area contributed by atoms with Gasteiger partial charge in [0.05, 0.1) is 16.5 Å². The Labute approximate surface area is 191 Å². The van der Waals surface area contributed by atoms with Crippen LogP contribution in [0.4, 0.5) is 11.5 Å². The second-order valence-electron chi connectivity index (χ2n) is 7.05. The van der Waals surface area contributed by atoms with Crippen LogP contribution in [0.25, 0.3) is 21.3 Å². The molecule has 166 valence electrons. The number of hydrogen-bond donors (Lipinski definition) is 4. The van der Waals surface area contributed by atoms with Crippen LogP contribution in [-0.4, -0.2) is 44.6 Å². The van der Waals surface area contributed by atoms with Crippen LogP contribution < -0.4 is 10.6 Å². The zero-order valence-corrected chi connectivity index (χ0v) is 17.9. The van der Waals surface area contributed by atoms with E-state index in [4.69, 9.17) is 10.2 Å². The van der Waals surface area contributed by atoms with Crippen molar-refractivity contribution < 1.29 is 24.6 Å². The van der Waals surface area contributed by atoms with E-state index in [1.807, 2.05) is 35.7 Å². The molecule has 0 unspecified atom stereocenters. The molecule has 10 heteroatoms. The Kier molecular flexibility index (Phi) is 6.27. The third-order valence-corrected chi connectivity index (χ3v) is 5.70. The van der Waals surface area contributed by atoms with Crippen LogP contribution in [0.3, 0.4) is 0 Å². The Hall–Kier alpha value is -4.31. The molecule has 33 heavy (non-hydrogen) atoms. The zero-order valence-electron chi connectivity index (χ0n) is 17.1. The maximum Gasteiger partial charge on any atom is 0.335 e. The number of benzene rings is 2. The lowest BCUT2D eigenvalue weighted by Gasteiger charge is -2.10. The first-order chi connectivity index (χ1) is 15.9. The minimum absolute atomic E-state index is 0.0516. The Morgan fingerprint density at radius 3 is 2.30 bits per heavy atom. The second-order valence-corrected chi connectivity index (χ2v) is 7.91. The van der Waals surface area contributed by atoms with Gasteiger partial charge in [-0.3, -0.25) is 4.79 Å².